The lowest BCUT2D eigenvalue weighted by Crippen LogP contribution is -2.29. The summed E-state index contributed by atoms with van der Waals surface area (Å²) in [4.78, 5) is 12.8. The van der Waals surface area contributed by atoms with Crippen molar-refractivity contribution < 1.29 is 14.3 Å². The van der Waals surface area contributed by atoms with E-state index in [1.54, 1.807) is 19.1 Å². The zero-order valence-corrected chi connectivity index (χ0v) is 10.7. The first-order valence-corrected chi connectivity index (χ1v) is 5.53. The lowest BCUT2D eigenvalue weighted by atomic mass is 10.4. The van der Waals surface area contributed by atoms with Crippen molar-refractivity contribution in [2.24, 2.45) is 0 Å². The Morgan fingerprint density at radius 3 is 2.27 bits per heavy atom. The summed E-state index contributed by atoms with van der Waals surface area (Å²) in [7, 11) is 3.42. The highest BCUT2D eigenvalue weighted by molar-refractivity contribution is 5.75. The SMILES string of the molecule is CC.CCC(=O)N(C)CCOCCOC. The molecule has 4 heteroatoms. The molecule has 0 aliphatic carbocycles. The van der Waals surface area contributed by atoms with Crippen molar-refractivity contribution in [2.75, 3.05) is 40.5 Å². The van der Waals surface area contributed by atoms with Crippen LogP contribution in [0.2, 0.25) is 0 Å². The van der Waals surface area contributed by atoms with E-state index in [1.165, 1.54) is 0 Å². The Labute approximate surface area is 93.5 Å². The molecule has 0 aliphatic rings. The fourth-order valence-corrected chi connectivity index (χ4v) is 0.840. The first-order chi connectivity index (χ1) is 7.22. The molecule has 0 N–H and O–H groups in total. The van der Waals surface area contributed by atoms with Gasteiger partial charge in [-0.05, 0) is 0 Å². The summed E-state index contributed by atoms with van der Waals surface area (Å²) < 4.78 is 10.0. The second kappa shape index (κ2) is 13.4. The van der Waals surface area contributed by atoms with Gasteiger partial charge in [0.25, 0.3) is 0 Å². The Balaban J connectivity index is 0. The molecule has 0 heterocycles. The summed E-state index contributed by atoms with van der Waals surface area (Å²) in [5, 5.41) is 0. The molecule has 0 atom stereocenters. The van der Waals surface area contributed by atoms with Crippen molar-refractivity contribution in [3.8, 4) is 0 Å². The van der Waals surface area contributed by atoms with E-state index in [2.05, 4.69) is 0 Å². The first kappa shape index (κ1) is 16.8. The highest BCUT2D eigenvalue weighted by Crippen LogP contribution is 1.89. The van der Waals surface area contributed by atoms with Gasteiger partial charge in [0.1, 0.15) is 0 Å². The minimum absolute atomic E-state index is 0.148. The molecule has 0 aromatic carbocycles. The third-order valence-corrected chi connectivity index (χ3v) is 1.73. The molecule has 0 aliphatic heterocycles. The van der Waals surface area contributed by atoms with Crippen molar-refractivity contribution in [3.63, 3.8) is 0 Å². The number of ether oxygens (including phenoxy) is 2. The highest BCUT2D eigenvalue weighted by atomic mass is 16.5. The van der Waals surface area contributed by atoms with Crippen molar-refractivity contribution in [2.45, 2.75) is 27.2 Å². The number of methoxy groups -OCH3 is 1. The molecule has 0 aromatic rings. The largest absolute Gasteiger partial charge is 0.382 e. The Hall–Kier alpha value is -0.610. The molecular formula is C11H25NO3. The second-order valence-corrected chi connectivity index (χ2v) is 2.77. The van der Waals surface area contributed by atoms with Crippen LogP contribution in [0.4, 0.5) is 0 Å². The van der Waals surface area contributed by atoms with Gasteiger partial charge >= 0.3 is 0 Å². The molecule has 0 saturated heterocycles. The van der Waals surface area contributed by atoms with Gasteiger partial charge < -0.3 is 14.4 Å². The summed E-state index contributed by atoms with van der Waals surface area (Å²) in [6.07, 6.45) is 0.550. The van der Waals surface area contributed by atoms with Gasteiger partial charge in [-0.2, -0.15) is 0 Å². The number of carbonyl (C=O) groups excluding carboxylic acids is 1. The van der Waals surface area contributed by atoms with Gasteiger partial charge in [-0.3, -0.25) is 4.79 Å². The predicted octanol–water partition coefficient (Wildman–Crippen LogP) is 1.54. The molecule has 15 heavy (non-hydrogen) atoms. The molecule has 4 nitrogen and oxygen atoms in total. The summed E-state index contributed by atoms with van der Waals surface area (Å²) in [5.41, 5.74) is 0. The molecule has 0 rings (SSSR count). The Morgan fingerprint density at radius 1 is 1.20 bits per heavy atom. The van der Waals surface area contributed by atoms with Gasteiger partial charge in [0.15, 0.2) is 0 Å². The summed E-state index contributed by atoms with van der Waals surface area (Å²) in [6, 6.07) is 0. The van der Waals surface area contributed by atoms with Crippen molar-refractivity contribution in [1.29, 1.82) is 0 Å². The molecule has 0 bridgehead atoms. The Morgan fingerprint density at radius 2 is 1.80 bits per heavy atom. The van der Waals surface area contributed by atoms with Crippen LogP contribution in [0.15, 0.2) is 0 Å². The predicted molar refractivity (Wildman–Crippen MR) is 62.0 cm³/mol. The standard InChI is InChI=1S/C9H19NO3.C2H6/c1-4-9(11)10(2)5-6-13-8-7-12-3;1-2/h4-8H2,1-3H3;1-2H3. The van der Waals surface area contributed by atoms with E-state index in [9.17, 15) is 4.79 Å². The van der Waals surface area contributed by atoms with Gasteiger partial charge in [-0.15, -0.1) is 0 Å². The van der Waals surface area contributed by atoms with Gasteiger partial charge in [0, 0.05) is 27.1 Å². The van der Waals surface area contributed by atoms with Crippen LogP contribution in [0.3, 0.4) is 0 Å². The lowest BCUT2D eigenvalue weighted by Gasteiger charge is -2.15. The van der Waals surface area contributed by atoms with Crippen LogP contribution in [0.25, 0.3) is 0 Å². The fraction of sp³-hybridized carbons (Fsp3) is 0.909. The number of rotatable bonds is 7. The third-order valence-electron chi connectivity index (χ3n) is 1.73. The molecule has 0 spiro atoms. The van der Waals surface area contributed by atoms with Crippen LogP contribution in [0.5, 0.6) is 0 Å². The minimum atomic E-state index is 0.148. The normalized spacial score (nSPS) is 9.13. The van der Waals surface area contributed by atoms with Gasteiger partial charge in [-0.25, -0.2) is 0 Å². The second-order valence-electron chi connectivity index (χ2n) is 2.77. The molecular weight excluding hydrogens is 194 g/mol. The number of amides is 1. The molecule has 0 unspecified atom stereocenters. The number of hydrogen-bond donors (Lipinski definition) is 0. The molecule has 0 aromatic heterocycles. The average Bonchev–Trinajstić information content (AvgIpc) is 2.30. The maximum absolute atomic E-state index is 11.1. The van der Waals surface area contributed by atoms with Gasteiger partial charge in [-0.1, -0.05) is 20.8 Å². The van der Waals surface area contributed by atoms with E-state index >= 15 is 0 Å². The Kier molecular flexibility index (Phi) is 15.0. The van der Waals surface area contributed by atoms with Crippen LogP contribution in [0.1, 0.15) is 27.2 Å². The number of likely N-dealkylation sites (N-methyl/N-ethyl adjacent to an activating group) is 1. The van der Waals surface area contributed by atoms with Gasteiger partial charge in [0.2, 0.25) is 5.91 Å². The Bertz CT molecular complexity index is 140. The molecule has 0 fully saturated rings. The summed E-state index contributed by atoms with van der Waals surface area (Å²) in [5.74, 6) is 0.148. The van der Waals surface area contributed by atoms with Crippen LogP contribution in [-0.4, -0.2) is 51.3 Å². The number of carbonyl (C=O) groups is 1. The lowest BCUT2D eigenvalue weighted by molar-refractivity contribution is -0.130. The van der Waals surface area contributed by atoms with E-state index in [0.29, 0.717) is 32.8 Å². The molecule has 0 saturated carbocycles. The smallest absolute Gasteiger partial charge is 0.222 e. The average molecular weight is 219 g/mol. The van der Waals surface area contributed by atoms with E-state index in [0.717, 1.165) is 0 Å². The van der Waals surface area contributed by atoms with E-state index in [-0.39, 0.29) is 5.91 Å². The monoisotopic (exact) mass is 219 g/mol. The topological polar surface area (TPSA) is 38.8 Å². The minimum Gasteiger partial charge on any atom is -0.382 e. The van der Waals surface area contributed by atoms with Crippen molar-refractivity contribution in [3.05, 3.63) is 0 Å². The zero-order valence-electron chi connectivity index (χ0n) is 10.7. The van der Waals surface area contributed by atoms with E-state index in [4.69, 9.17) is 9.47 Å². The van der Waals surface area contributed by atoms with Crippen LogP contribution < -0.4 is 0 Å². The van der Waals surface area contributed by atoms with Crippen LogP contribution in [0, 0.1) is 0 Å². The zero-order chi connectivity index (χ0) is 12.1. The maximum Gasteiger partial charge on any atom is 0.222 e. The van der Waals surface area contributed by atoms with E-state index < -0.39 is 0 Å². The fourth-order valence-electron chi connectivity index (χ4n) is 0.840. The van der Waals surface area contributed by atoms with Crippen molar-refractivity contribution in [1.82, 2.24) is 4.90 Å². The maximum atomic E-state index is 11.1. The van der Waals surface area contributed by atoms with Crippen molar-refractivity contribution >= 4 is 5.91 Å². The van der Waals surface area contributed by atoms with E-state index in [1.807, 2.05) is 20.8 Å². The summed E-state index contributed by atoms with van der Waals surface area (Å²) in [6.45, 7) is 8.27. The third kappa shape index (κ3) is 11.3. The quantitative estimate of drug-likeness (QED) is 0.610. The highest BCUT2D eigenvalue weighted by Gasteiger charge is 2.03. The molecule has 1 amide bonds. The molecule has 0 radical (unpaired) electrons. The molecule has 92 valence electrons. The number of nitrogens with zero attached hydrogens (tertiary/aromatic N) is 1. The number of hydrogen-bond acceptors (Lipinski definition) is 3. The van der Waals surface area contributed by atoms with Gasteiger partial charge in [0.05, 0.1) is 19.8 Å². The van der Waals surface area contributed by atoms with Crippen LogP contribution in [-0.2, 0) is 14.3 Å². The summed E-state index contributed by atoms with van der Waals surface area (Å²) >= 11 is 0. The first-order valence-electron chi connectivity index (χ1n) is 5.53. The van der Waals surface area contributed by atoms with Crippen LogP contribution >= 0.6 is 0 Å².